The molecule has 4 rings (SSSR count). The van der Waals surface area contributed by atoms with Crippen LogP contribution in [0.1, 0.15) is 25.7 Å². The number of Topliss-reactive ketones (excluding diaryl/α,β-unsaturated/α-hetero) is 1. The van der Waals surface area contributed by atoms with Gasteiger partial charge in [0.15, 0.2) is 5.79 Å². The van der Waals surface area contributed by atoms with Crippen molar-refractivity contribution < 1.29 is 14.3 Å². The summed E-state index contributed by atoms with van der Waals surface area (Å²) in [6.07, 6.45) is 3.66. The standard InChI is InChI=1S/C10H14O3/c11-9-5-8-2-1-7(9)6-10(8)12-3-4-13-10/h7-8H,1-6H2/t7-,8-/m0/s1. The lowest BCUT2D eigenvalue weighted by Gasteiger charge is -2.46. The van der Waals surface area contributed by atoms with Gasteiger partial charge in [-0.1, -0.05) is 0 Å². The van der Waals surface area contributed by atoms with Gasteiger partial charge in [0.1, 0.15) is 5.78 Å². The molecule has 72 valence electrons. The summed E-state index contributed by atoms with van der Waals surface area (Å²) in [5, 5.41) is 0. The van der Waals surface area contributed by atoms with E-state index in [0.717, 1.165) is 19.3 Å². The van der Waals surface area contributed by atoms with Crippen LogP contribution in [0.5, 0.6) is 0 Å². The molecule has 4 fully saturated rings. The highest BCUT2D eigenvalue weighted by atomic mass is 16.7. The summed E-state index contributed by atoms with van der Waals surface area (Å²) in [5.41, 5.74) is 0. The van der Waals surface area contributed by atoms with E-state index in [9.17, 15) is 4.79 Å². The number of rotatable bonds is 0. The largest absolute Gasteiger partial charge is 0.347 e. The van der Waals surface area contributed by atoms with Crippen LogP contribution in [0.2, 0.25) is 0 Å². The minimum absolute atomic E-state index is 0.225. The quantitative estimate of drug-likeness (QED) is 0.563. The van der Waals surface area contributed by atoms with Crippen LogP contribution in [-0.2, 0) is 14.3 Å². The Morgan fingerprint density at radius 2 is 2.00 bits per heavy atom. The number of carbonyl (C=O) groups excluding carboxylic acids is 1. The molecule has 0 aromatic carbocycles. The second-order valence-corrected chi connectivity index (χ2v) is 4.35. The third kappa shape index (κ3) is 1.00. The van der Waals surface area contributed by atoms with E-state index in [1.54, 1.807) is 0 Å². The van der Waals surface area contributed by atoms with E-state index < -0.39 is 0 Å². The summed E-state index contributed by atoms with van der Waals surface area (Å²) in [6, 6.07) is 0. The van der Waals surface area contributed by atoms with Crippen molar-refractivity contribution in [3.05, 3.63) is 0 Å². The zero-order valence-electron chi connectivity index (χ0n) is 7.62. The second-order valence-electron chi connectivity index (χ2n) is 4.35. The van der Waals surface area contributed by atoms with Gasteiger partial charge in [0.2, 0.25) is 0 Å². The zero-order valence-corrected chi connectivity index (χ0v) is 7.62. The molecule has 0 aromatic rings. The van der Waals surface area contributed by atoms with Crippen molar-refractivity contribution in [2.24, 2.45) is 11.8 Å². The molecule has 1 aliphatic heterocycles. The van der Waals surface area contributed by atoms with Gasteiger partial charge in [0.25, 0.3) is 0 Å². The van der Waals surface area contributed by atoms with E-state index in [4.69, 9.17) is 9.47 Å². The van der Waals surface area contributed by atoms with Crippen molar-refractivity contribution in [2.75, 3.05) is 13.2 Å². The molecule has 3 heteroatoms. The molecule has 3 nitrogen and oxygen atoms in total. The maximum Gasteiger partial charge on any atom is 0.172 e. The van der Waals surface area contributed by atoms with Gasteiger partial charge in [-0.15, -0.1) is 0 Å². The lowest BCUT2D eigenvalue weighted by atomic mass is 9.66. The predicted octanol–water partition coefficient (Wildman–Crippen LogP) is 1.12. The van der Waals surface area contributed by atoms with Crippen molar-refractivity contribution in [1.29, 1.82) is 0 Å². The molecule has 0 amide bonds. The van der Waals surface area contributed by atoms with Crippen LogP contribution in [0.3, 0.4) is 0 Å². The molecular weight excluding hydrogens is 168 g/mol. The van der Waals surface area contributed by atoms with Gasteiger partial charge < -0.3 is 9.47 Å². The molecule has 2 bridgehead atoms. The number of carbonyl (C=O) groups is 1. The summed E-state index contributed by atoms with van der Waals surface area (Å²) in [5.74, 6) is 0.646. The molecule has 0 radical (unpaired) electrons. The lowest BCUT2D eigenvalue weighted by Crippen LogP contribution is -2.51. The van der Waals surface area contributed by atoms with E-state index in [2.05, 4.69) is 0 Å². The fourth-order valence-electron chi connectivity index (χ4n) is 3.00. The highest BCUT2D eigenvalue weighted by molar-refractivity contribution is 5.83. The minimum atomic E-state index is -0.350. The van der Waals surface area contributed by atoms with Crippen molar-refractivity contribution in [2.45, 2.75) is 31.5 Å². The SMILES string of the molecule is O=C1C[C@@H]2CC[C@H]1CC21OCCO1. The highest BCUT2D eigenvalue weighted by Gasteiger charge is 2.54. The molecular formula is C10H14O3. The number of hydrogen-bond acceptors (Lipinski definition) is 3. The lowest BCUT2D eigenvalue weighted by molar-refractivity contribution is -0.234. The number of fused-ring (bicyclic) bond motifs is 2. The summed E-state index contributed by atoms with van der Waals surface area (Å²) >= 11 is 0. The summed E-state index contributed by atoms with van der Waals surface area (Å²) in [4.78, 5) is 11.5. The molecule has 1 heterocycles. The van der Waals surface area contributed by atoms with Crippen LogP contribution in [0.4, 0.5) is 0 Å². The maximum atomic E-state index is 11.5. The topological polar surface area (TPSA) is 35.5 Å². The van der Waals surface area contributed by atoms with Gasteiger partial charge in [-0.2, -0.15) is 0 Å². The van der Waals surface area contributed by atoms with E-state index in [-0.39, 0.29) is 11.7 Å². The van der Waals surface area contributed by atoms with E-state index in [1.807, 2.05) is 0 Å². The molecule has 0 unspecified atom stereocenters. The van der Waals surface area contributed by atoms with E-state index in [1.165, 1.54) is 0 Å². The molecule has 1 saturated heterocycles. The monoisotopic (exact) mass is 182 g/mol. The van der Waals surface area contributed by atoms with Crippen molar-refractivity contribution >= 4 is 5.78 Å². The van der Waals surface area contributed by atoms with Crippen molar-refractivity contribution in [3.8, 4) is 0 Å². The average Bonchev–Trinajstić information content (AvgIpc) is 2.57. The maximum absolute atomic E-state index is 11.5. The number of ketones is 1. The van der Waals surface area contributed by atoms with Gasteiger partial charge >= 0.3 is 0 Å². The molecule has 2 atom stereocenters. The predicted molar refractivity (Wildman–Crippen MR) is 45.1 cm³/mol. The fourth-order valence-corrected chi connectivity index (χ4v) is 3.00. The van der Waals surface area contributed by atoms with Crippen LogP contribution >= 0.6 is 0 Å². The average molecular weight is 182 g/mol. The summed E-state index contributed by atoms with van der Waals surface area (Å²) in [7, 11) is 0. The third-order valence-electron chi connectivity index (χ3n) is 3.70. The van der Waals surface area contributed by atoms with Crippen LogP contribution in [0.15, 0.2) is 0 Å². The third-order valence-corrected chi connectivity index (χ3v) is 3.70. The zero-order chi connectivity index (χ0) is 8.89. The van der Waals surface area contributed by atoms with Gasteiger partial charge in [0, 0.05) is 24.7 Å². The number of hydrogen-bond donors (Lipinski definition) is 0. The molecule has 1 spiro atoms. The number of ether oxygens (including phenoxy) is 2. The fraction of sp³-hybridized carbons (Fsp3) is 0.900. The summed E-state index contributed by atoms with van der Waals surface area (Å²) in [6.45, 7) is 1.41. The summed E-state index contributed by atoms with van der Waals surface area (Å²) < 4.78 is 11.4. The molecule has 3 saturated carbocycles. The highest BCUT2D eigenvalue weighted by Crippen LogP contribution is 2.49. The van der Waals surface area contributed by atoms with Crippen LogP contribution in [0, 0.1) is 11.8 Å². The van der Waals surface area contributed by atoms with Crippen LogP contribution in [0.25, 0.3) is 0 Å². The normalized spacial score (nSPS) is 41.7. The Bertz CT molecular complexity index is 243. The van der Waals surface area contributed by atoms with Crippen molar-refractivity contribution in [1.82, 2.24) is 0 Å². The molecule has 0 aromatic heterocycles. The van der Waals surface area contributed by atoms with Gasteiger partial charge in [-0.05, 0) is 12.8 Å². The first kappa shape index (κ1) is 7.94. The minimum Gasteiger partial charge on any atom is -0.347 e. The second kappa shape index (κ2) is 2.55. The first-order valence-corrected chi connectivity index (χ1v) is 5.11. The van der Waals surface area contributed by atoms with Gasteiger partial charge in [0.05, 0.1) is 13.2 Å². The molecule has 4 aliphatic rings. The van der Waals surface area contributed by atoms with Crippen LogP contribution in [-0.4, -0.2) is 24.8 Å². The van der Waals surface area contributed by atoms with Gasteiger partial charge in [-0.3, -0.25) is 4.79 Å². The first-order valence-electron chi connectivity index (χ1n) is 5.11. The Hall–Kier alpha value is -0.410. The Balaban J connectivity index is 1.89. The first-order chi connectivity index (χ1) is 6.30. The van der Waals surface area contributed by atoms with E-state index >= 15 is 0 Å². The molecule has 13 heavy (non-hydrogen) atoms. The molecule has 0 N–H and O–H groups in total. The Kier molecular flexibility index (Phi) is 1.56. The Morgan fingerprint density at radius 1 is 1.23 bits per heavy atom. The van der Waals surface area contributed by atoms with Crippen molar-refractivity contribution in [3.63, 3.8) is 0 Å². The molecule has 3 aliphatic carbocycles. The Morgan fingerprint density at radius 3 is 2.54 bits per heavy atom. The Labute approximate surface area is 77.4 Å². The van der Waals surface area contributed by atoms with E-state index in [0.29, 0.717) is 31.3 Å². The van der Waals surface area contributed by atoms with Gasteiger partial charge in [-0.25, -0.2) is 0 Å². The smallest absolute Gasteiger partial charge is 0.172 e. The van der Waals surface area contributed by atoms with Crippen LogP contribution < -0.4 is 0 Å².